The minimum absolute atomic E-state index is 0.374. The monoisotopic (exact) mass is 223 g/mol. The highest BCUT2D eigenvalue weighted by molar-refractivity contribution is 5.81. The average Bonchev–Trinajstić information content (AvgIpc) is 2.15. The minimum Gasteiger partial charge on any atom is -0.300 e. The standard InChI is InChI=1S/C14H25NO/c1-11(2)10-14(16)12-6-8-15(9-7-12)13-4-3-5-13/h11-13H,3-10H2,1-2H3. The Balaban J connectivity index is 1.73. The lowest BCUT2D eigenvalue weighted by Gasteiger charge is -2.41. The zero-order valence-corrected chi connectivity index (χ0v) is 10.7. The number of ketones is 1. The summed E-state index contributed by atoms with van der Waals surface area (Å²) in [5, 5.41) is 0. The van der Waals surface area contributed by atoms with E-state index in [1.807, 2.05) is 0 Å². The topological polar surface area (TPSA) is 20.3 Å². The normalized spacial score (nSPS) is 24.7. The molecule has 16 heavy (non-hydrogen) atoms. The fourth-order valence-corrected chi connectivity index (χ4v) is 2.91. The molecule has 2 fully saturated rings. The maximum Gasteiger partial charge on any atom is 0.136 e. The molecular formula is C14H25NO. The zero-order valence-electron chi connectivity index (χ0n) is 10.7. The second kappa shape index (κ2) is 5.31. The largest absolute Gasteiger partial charge is 0.300 e. The van der Waals surface area contributed by atoms with E-state index in [4.69, 9.17) is 0 Å². The summed E-state index contributed by atoms with van der Waals surface area (Å²) < 4.78 is 0. The van der Waals surface area contributed by atoms with Crippen LogP contribution in [-0.2, 0) is 4.79 Å². The molecule has 2 heteroatoms. The Morgan fingerprint density at radius 1 is 1.19 bits per heavy atom. The lowest BCUT2D eigenvalue weighted by Crippen LogP contribution is -2.45. The molecule has 92 valence electrons. The maximum atomic E-state index is 12.0. The molecule has 2 aliphatic rings. The maximum absolute atomic E-state index is 12.0. The van der Waals surface area contributed by atoms with Crippen molar-refractivity contribution in [1.82, 2.24) is 4.90 Å². The SMILES string of the molecule is CC(C)CC(=O)C1CCN(C2CCC2)CC1. The number of rotatable bonds is 4. The molecule has 2 nitrogen and oxygen atoms in total. The Morgan fingerprint density at radius 2 is 1.81 bits per heavy atom. The molecule has 0 spiro atoms. The van der Waals surface area contributed by atoms with Crippen LogP contribution in [0.4, 0.5) is 0 Å². The van der Waals surface area contributed by atoms with Crippen molar-refractivity contribution in [2.24, 2.45) is 11.8 Å². The molecule has 0 atom stereocenters. The van der Waals surface area contributed by atoms with E-state index in [0.717, 1.165) is 25.3 Å². The summed E-state index contributed by atoms with van der Waals surface area (Å²) in [5.41, 5.74) is 0. The van der Waals surface area contributed by atoms with Crippen LogP contribution >= 0.6 is 0 Å². The molecule has 1 aliphatic heterocycles. The van der Waals surface area contributed by atoms with Crippen LogP contribution in [0.2, 0.25) is 0 Å². The first-order valence-electron chi connectivity index (χ1n) is 6.93. The van der Waals surface area contributed by atoms with Crippen LogP contribution in [0.15, 0.2) is 0 Å². The van der Waals surface area contributed by atoms with E-state index in [-0.39, 0.29) is 0 Å². The van der Waals surface area contributed by atoms with Crippen molar-refractivity contribution < 1.29 is 4.79 Å². The summed E-state index contributed by atoms with van der Waals surface area (Å²) in [4.78, 5) is 14.6. The van der Waals surface area contributed by atoms with Gasteiger partial charge in [-0.15, -0.1) is 0 Å². The first-order valence-corrected chi connectivity index (χ1v) is 6.93. The smallest absolute Gasteiger partial charge is 0.136 e. The third kappa shape index (κ3) is 2.85. The predicted molar refractivity (Wildman–Crippen MR) is 66.4 cm³/mol. The molecule has 0 radical (unpaired) electrons. The number of likely N-dealkylation sites (tertiary alicyclic amines) is 1. The van der Waals surface area contributed by atoms with Crippen LogP contribution in [0.5, 0.6) is 0 Å². The number of carbonyl (C=O) groups excluding carboxylic acids is 1. The Bertz CT molecular complexity index is 237. The lowest BCUT2D eigenvalue weighted by molar-refractivity contribution is -0.125. The van der Waals surface area contributed by atoms with Crippen molar-refractivity contribution in [3.8, 4) is 0 Å². The van der Waals surface area contributed by atoms with Crippen molar-refractivity contribution in [2.45, 2.75) is 58.4 Å². The van der Waals surface area contributed by atoms with Crippen molar-refractivity contribution in [2.75, 3.05) is 13.1 Å². The van der Waals surface area contributed by atoms with Crippen LogP contribution in [0.1, 0.15) is 52.4 Å². The van der Waals surface area contributed by atoms with E-state index in [9.17, 15) is 4.79 Å². The van der Waals surface area contributed by atoms with E-state index < -0.39 is 0 Å². The summed E-state index contributed by atoms with van der Waals surface area (Å²) in [6, 6.07) is 0.862. The van der Waals surface area contributed by atoms with Crippen LogP contribution in [0.25, 0.3) is 0 Å². The van der Waals surface area contributed by atoms with Crippen molar-refractivity contribution in [3.63, 3.8) is 0 Å². The summed E-state index contributed by atoms with van der Waals surface area (Å²) in [6.45, 7) is 6.61. The summed E-state index contributed by atoms with van der Waals surface area (Å²) in [6.07, 6.45) is 7.21. The van der Waals surface area contributed by atoms with Crippen LogP contribution in [0, 0.1) is 11.8 Å². The predicted octanol–water partition coefficient (Wildman–Crippen LogP) is 2.87. The molecule has 0 aromatic heterocycles. The third-order valence-corrected chi connectivity index (χ3v) is 4.19. The van der Waals surface area contributed by atoms with Gasteiger partial charge in [-0.2, -0.15) is 0 Å². The molecule has 2 rings (SSSR count). The number of nitrogens with zero attached hydrogens (tertiary/aromatic N) is 1. The highest BCUT2D eigenvalue weighted by atomic mass is 16.1. The summed E-state index contributed by atoms with van der Waals surface area (Å²) >= 11 is 0. The van der Waals surface area contributed by atoms with E-state index >= 15 is 0 Å². The van der Waals surface area contributed by atoms with Gasteiger partial charge in [-0.1, -0.05) is 20.3 Å². The number of Topliss-reactive ketones (excluding diaryl/α,β-unsaturated/α-hetero) is 1. The van der Waals surface area contributed by atoms with Crippen LogP contribution in [-0.4, -0.2) is 29.8 Å². The second-order valence-corrected chi connectivity index (χ2v) is 5.96. The van der Waals surface area contributed by atoms with Gasteiger partial charge < -0.3 is 4.90 Å². The molecule has 0 aromatic carbocycles. The van der Waals surface area contributed by atoms with E-state index in [0.29, 0.717) is 17.6 Å². The Morgan fingerprint density at radius 3 is 2.25 bits per heavy atom. The van der Waals surface area contributed by atoms with Gasteiger partial charge in [0.15, 0.2) is 0 Å². The van der Waals surface area contributed by atoms with Gasteiger partial charge in [0, 0.05) is 18.4 Å². The highest BCUT2D eigenvalue weighted by Gasteiger charge is 2.30. The Hall–Kier alpha value is -0.370. The number of piperidine rings is 1. The van der Waals surface area contributed by atoms with Gasteiger partial charge in [-0.3, -0.25) is 4.79 Å². The van der Waals surface area contributed by atoms with E-state index in [1.165, 1.54) is 32.4 Å². The second-order valence-electron chi connectivity index (χ2n) is 5.96. The summed E-state index contributed by atoms with van der Waals surface area (Å²) in [7, 11) is 0. The fourth-order valence-electron chi connectivity index (χ4n) is 2.91. The number of carbonyl (C=O) groups is 1. The molecule has 0 bridgehead atoms. The van der Waals surface area contributed by atoms with Crippen molar-refractivity contribution >= 4 is 5.78 Å². The van der Waals surface area contributed by atoms with Gasteiger partial charge in [0.2, 0.25) is 0 Å². The van der Waals surface area contributed by atoms with Gasteiger partial charge in [-0.25, -0.2) is 0 Å². The van der Waals surface area contributed by atoms with Gasteiger partial charge in [0.05, 0.1) is 0 Å². The number of hydrogen-bond donors (Lipinski definition) is 0. The Kier molecular flexibility index (Phi) is 4.01. The third-order valence-electron chi connectivity index (χ3n) is 4.19. The molecule has 1 saturated carbocycles. The van der Waals surface area contributed by atoms with E-state index in [1.54, 1.807) is 0 Å². The zero-order chi connectivity index (χ0) is 11.5. The first kappa shape index (κ1) is 12.1. The quantitative estimate of drug-likeness (QED) is 0.730. The lowest BCUT2D eigenvalue weighted by atomic mass is 9.85. The molecule has 1 aliphatic carbocycles. The molecule has 0 unspecified atom stereocenters. The molecular weight excluding hydrogens is 198 g/mol. The molecule has 0 amide bonds. The molecule has 1 saturated heterocycles. The van der Waals surface area contributed by atoms with Crippen LogP contribution in [0.3, 0.4) is 0 Å². The van der Waals surface area contributed by atoms with Gasteiger partial charge in [-0.05, 0) is 44.7 Å². The molecule has 0 N–H and O–H groups in total. The fraction of sp³-hybridized carbons (Fsp3) is 0.929. The van der Waals surface area contributed by atoms with Gasteiger partial charge in [0.1, 0.15) is 5.78 Å². The van der Waals surface area contributed by atoms with Gasteiger partial charge >= 0.3 is 0 Å². The van der Waals surface area contributed by atoms with Gasteiger partial charge in [0.25, 0.3) is 0 Å². The number of hydrogen-bond acceptors (Lipinski definition) is 2. The first-order chi connectivity index (χ1) is 7.66. The average molecular weight is 223 g/mol. The highest BCUT2D eigenvalue weighted by Crippen LogP contribution is 2.29. The molecule has 0 aromatic rings. The summed E-state index contributed by atoms with van der Waals surface area (Å²) in [5.74, 6) is 1.42. The van der Waals surface area contributed by atoms with Crippen molar-refractivity contribution in [1.29, 1.82) is 0 Å². The van der Waals surface area contributed by atoms with Crippen LogP contribution < -0.4 is 0 Å². The Labute approximate surface area is 99.4 Å². The minimum atomic E-state index is 0.374. The molecule has 1 heterocycles. The van der Waals surface area contributed by atoms with E-state index in [2.05, 4.69) is 18.7 Å². The van der Waals surface area contributed by atoms with Crippen molar-refractivity contribution in [3.05, 3.63) is 0 Å².